The van der Waals surface area contributed by atoms with Crippen molar-refractivity contribution in [1.82, 2.24) is 0 Å². The summed E-state index contributed by atoms with van der Waals surface area (Å²) in [7, 11) is 0. The zero-order chi connectivity index (χ0) is 9.28. The van der Waals surface area contributed by atoms with Gasteiger partial charge in [0.15, 0.2) is 0 Å². The van der Waals surface area contributed by atoms with Gasteiger partial charge in [-0.15, -0.1) is 0 Å². The van der Waals surface area contributed by atoms with E-state index in [9.17, 15) is 8.76 Å². The Morgan fingerprint density at radius 3 is 2.00 bits per heavy atom. The predicted molar refractivity (Wildman–Crippen MR) is 38.7 cm³/mol. The van der Waals surface area contributed by atoms with Crippen LogP contribution in [0.25, 0.3) is 0 Å². The van der Waals surface area contributed by atoms with E-state index in [4.69, 9.17) is 0 Å². The minimum atomic E-state index is -3.93. The molecule has 0 aliphatic rings. The zero-order valence-corrected chi connectivity index (χ0v) is 9.67. The van der Waals surface area contributed by atoms with Crippen molar-refractivity contribution in [3.05, 3.63) is 0 Å². The normalized spacial score (nSPS) is 21.0. The van der Waals surface area contributed by atoms with Gasteiger partial charge >= 0.3 is 90.0 Å². The maximum absolute atomic E-state index is 12.5. The van der Waals surface area contributed by atoms with Gasteiger partial charge in [0.05, 0.1) is 0 Å². The molecule has 0 fully saturated rings. The van der Waals surface area contributed by atoms with Crippen LogP contribution in [0.1, 0.15) is 27.7 Å². The predicted octanol–water partition coefficient (Wildman–Crippen LogP) is 3.06. The van der Waals surface area contributed by atoms with Crippen LogP contribution in [0, 0.1) is 39.6 Å². The average Bonchev–Trinajstić information content (AvgIpc) is 1.56. The minimum absolute atomic E-state index is 0.187. The van der Waals surface area contributed by atoms with Crippen LogP contribution in [0.5, 0.6) is 0 Å². The van der Waals surface area contributed by atoms with E-state index in [2.05, 4.69) is 4.52 Å². The Kier molecular flexibility index (Phi) is 4.54. The van der Waals surface area contributed by atoms with Crippen LogP contribution in [0.3, 0.4) is 0 Å². The van der Waals surface area contributed by atoms with Gasteiger partial charge in [0.25, 0.3) is 0 Å². The SMILES string of the molecule is CC(O[P](=O)(F)[Tm])C(C)(C)C. The Balaban J connectivity index is 4.10. The van der Waals surface area contributed by atoms with E-state index in [1.165, 1.54) is 0 Å². The molecule has 0 aromatic rings. The van der Waals surface area contributed by atoms with Gasteiger partial charge in [0.2, 0.25) is 0 Å². The molecule has 2 nitrogen and oxygen atoms in total. The van der Waals surface area contributed by atoms with Crippen molar-refractivity contribution >= 4 is 3.24 Å². The van der Waals surface area contributed by atoms with Crippen molar-refractivity contribution in [1.29, 1.82) is 0 Å². The van der Waals surface area contributed by atoms with Gasteiger partial charge < -0.3 is 0 Å². The first-order valence-electron chi connectivity index (χ1n) is 3.26. The summed E-state index contributed by atoms with van der Waals surface area (Å²) in [6.07, 6.45) is -0.358. The summed E-state index contributed by atoms with van der Waals surface area (Å²) in [5.41, 5.74) is -0.187. The molecule has 0 aromatic carbocycles. The molecule has 0 saturated heterocycles. The second kappa shape index (κ2) is 4.04. The standard InChI is InChI=1S/C6H13FO2P.Tm/c1-5(6(2,3)4)9-10(7)8;/h5H,1-4H3;/q+1;-1. The Labute approximate surface area is 89.3 Å². The molecular weight excluding hydrogens is 323 g/mol. The van der Waals surface area contributed by atoms with Crippen molar-refractivity contribution in [2.45, 2.75) is 33.8 Å². The molecule has 0 amide bonds. The van der Waals surface area contributed by atoms with Crippen LogP contribution in [0.2, 0.25) is 0 Å². The molecule has 74 valence electrons. The van der Waals surface area contributed by atoms with Crippen molar-refractivity contribution in [3.8, 4) is 0 Å². The molecule has 0 radical (unpaired) electrons. The molecule has 11 heavy (non-hydrogen) atoms. The van der Waals surface area contributed by atoms with E-state index >= 15 is 0 Å². The van der Waals surface area contributed by atoms with Gasteiger partial charge in [-0.3, -0.25) is 0 Å². The monoisotopic (exact) mass is 336 g/mol. The molecule has 0 saturated carbocycles. The van der Waals surface area contributed by atoms with E-state index in [0.717, 1.165) is 0 Å². The van der Waals surface area contributed by atoms with Crippen LogP contribution in [-0.4, -0.2) is 6.10 Å². The summed E-state index contributed by atoms with van der Waals surface area (Å²) in [5, 5.41) is 0. The first-order chi connectivity index (χ1) is 4.63. The topological polar surface area (TPSA) is 26.3 Å². The quantitative estimate of drug-likeness (QED) is 0.725. The second-order valence-electron chi connectivity index (χ2n) is 3.47. The molecule has 0 N–H and O–H groups in total. The summed E-state index contributed by atoms with van der Waals surface area (Å²) in [6.45, 7) is 7.39. The van der Waals surface area contributed by atoms with Gasteiger partial charge in [0, 0.05) is 0 Å². The number of hydrogen-bond acceptors (Lipinski definition) is 2. The fraction of sp³-hybridized carbons (Fsp3) is 1.00. The summed E-state index contributed by atoms with van der Waals surface area (Å²) in [5.74, 6) is 0. The van der Waals surface area contributed by atoms with Gasteiger partial charge in [-0.05, 0) is 0 Å². The summed E-state index contributed by atoms with van der Waals surface area (Å²) < 4.78 is 23.7. The van der Waals surface area contributed by atoms with Gasteiger partial charge in [-0.25, -0.2) is 0 Å². The third kappa shape index (κ3) is 6.51. The molecule has 0 bridgehead atoms. The number of hydrogen-bond donors (Lipinski definition) is 0. The molecule has 2 unspecified atom stereocenters. The maximum atomic E-state index is 12.5. The number of halogens is 1. The van der Waals surface area contributed by atoms with E-state index in [1.807, 2.05) is 20.8 Å². The Morgan fingerprint density at radius 2 is 1.91 bits per heavy atom. The van der Waals surface area contributed by atoms with Gasteiger partial charge in [-0.1, -0.05) is 0 Å². The molecule has 2 atom stereocenters. The average molecular weight is 336 g/mol. The molecule has 0 heterocycles. The molecular formula is C6H13FO2PTm. The van der Waals surface area contributed by atoms with Crippen molar-refractivity contribution in [3.63, 3.8) is 0 Å². The van der Waals surface area contributed by atoms with Crippen LogP contribution >= 0.6 is 3.24 Å². The van der Waals surface area contributed by atoms with Crippen LogP contribution in [0.15, 0.2) is 0 Å². The first-order valence-corrected chi connectivity index (χ1v) is 6.96. The third-order valence-electron chi connectivity index (χ3n) is 1.49. The zero-order valence-electron chi connectivity index (χ0n) is 7.00. The summed E-state index contributed by atoms with van der Waals surface area (Å²) >= 11 is 1.79. The fourth-order valence-corrected chi connectivity index (χ4v) is 1.82. The van der Waals surface area contributed by atoms with Crippen molar-refractivity contribution in [2.75, 3.05) is 0 Å². The third-order valence-corrected chi connectivity index (χ3v) is 2.59. The Hall–Kier alpha value is 1.35. The Morgan fingerprint density at radius 1 is 1.55 bits per heavy atom. The van der Waals surface area contributed by atoms with Crippen molar-refractivity contribution in [2.24, 2.45) is 5.41 Å². The molecule has 0 rings (SSSR count). The van der Waals surface area contributed by atoms with Crippen molar-refractivity contribution < 1.29 is 47.5 Å². The van der Waals surface area contributed by atoms with Gasteiger partial charge in [0.1, 0.15) is 0 Å². The molecule has 0 aliphatic heterocycles. The van der Waals surface area contributed by atoms with E-state index < -0.39 is 3.24 Å². The summed E-state index contributed by atoms with van der Waals surface area (Å²) in [6, 6.07) is 0. The molecule has 0 aliphatic carbocycles. The second-order valence-corrected chi connectivity index (χ2v) is 7.26. The molecule has 0 aromatic heterocycles. The van der Waals surface area contributed by atoms with Crippen LogP contribution < -0.4 is 0 Å². The molecule has 5 heteroatoms. The number of rotatable bonds is 2. The summed E-state index contributed by atoms with van der Waals surface area (Å²) in [4.78, 5) is 0. The van der Waals surface area contributed by atoms with E-state index in [-0.39, 0.29) is 11.5 Å². The Bertz CT molecular complexity index is 172. The molecule has 0 spiro atoms. The van der Waals surface area contributed by atoms with Crippen LogP contribution in [0.4, 0.5) is 4.20 Å². The van der Waals surface area contributed by atoms with Gasteiger partial charge in [-0.2, -0.15) is 0 Å². The first kappa shape index (κ1) is 12.4. The van der Waals surface area contributed by atoms with E-state index in [1.54, 1.807) is 41.2 Å². The van der Waals surface area contributed by atoms with Crippen LogP contribution in [-0.2, 0) is 9.09 Å². The van der Waals surface area contributed by atoms with E-state index in [0.29, 0.717) is 0 Å². The fourth-order valence-electron chi connectivity index (χ4n) is 0.326.